The van der Waals surface area contributed by atoms with E-state index in [0.29, 0.717) is 12.8 Å². The molecule has 1 N–H and O–H groups in total. The highest BCUT2D eigenvalue weighted by Gasteiger charge is 2.75. The van der Waals surface area contributed by atoms with E-state index in [4.69, 9.17) is 4.74 Å². The van der Waals surface area contributed by atoms with Gasteiger partial charge in [0.05, 0.1) is 12.2 Å². The Morgan fingerprint density at radius 1 is 1.03 bits per heavy atom. The minimum atomic E-state index is -1.60. The van der Waals surface area contributed by atoms with Gasteiger partial charge in [0.25, 0.3) is 0 Å². The number of hydrogen-bond donors (Lipinski definition) is 1. The fourth-order valence-corrected chi connectivity index (χ4v) is 10.2. The molecule has 5 aliphatic carbocycles. The van der Waals surface area contributed by atoms with Gasteiger partial charge >= 0.3 is 5.97 Å². The summed E-state index contributed by atoms with van der Waals surface area (Å²) in [6, 6.07) is 2.14. The second-order valence-electron chi connectivity index (χ2n) is 15.5. The van der Waals surface area contributed by atoms with Crippen molar-refractivity contribution in [2.75, 3.05) is 6.61 Å². The average molecular weight is 536 g/mol. The van der Waals surface area contributed by atoms with E-state index in [9.17, 15) is 24.8 Å². The summed E-state index contributed by atoms with van der Waals surface area (Å²) in [6.07, 6.45) is 8.92. The van der Waals surface area contributed by atoms with E-state index >= 15 is 0 Å². The van der Waals surface area contributed by atoms with Gasteiger partial charge in [-0.3, -0.25) is 14.4 Å². The van der Waals surface area contributed by atoms with Crippen LogP contribution in [0, 0.1) is 55.7 Å². The van der Waals surface area contributed by atoms with E-state index in [1.807, 2.05) is 19.9 Å². The van der Waals surface area contributed by atoms with Crippen LogP contribution in [0.4, 0.5) is 0 Å². The fourth-order valence-electron chi connectivity index (χ4n) is 10.2. The maximum Gasteiger partial charge on any atom is 0.302 e. The van der Waals surface area contributed by atoms with Gasteiger partial charge in [-0.05, 0) is 73.3 Å². The summed E-state index contributed by atoms with van der Waals surface area (Å²) in [6.45, 7) is 16.3. The molecule has 0 aliphatic heterocycles. The zero-order chi connectivity index (χ0) is 29.0. The molecule has 0 spiro atoms. The van der Waals surface area contributed by atoms with Crippen molar-refractivity contribution < 1.29 is 24.2 Å². The second-order valence-corrected chi connectivity index (χ2v) is 15.5. The normalized spacial score (nSPS) is 45.8. The molecule has 0 bridgehead atoms. The smallest absolute Gasteiger partial charge is 0.302 e. The largest absolute Gasteiger partial charge is 0.465 e. The molecule has 0 heterocycles. The van der Waals surface area contributed by atoms with Crippen molar-refractivity contribution in [1.82, 2.24) is 0 Å². The number of Topliss-reactive ketones (excluding diaryl/α,β-unsaturated/α-hetero) is 1. The number of fused-ring (bicyclic) bond motifs is 7. The van der Waals surface area contributed by atoms with Gasteiger partial charge < -0.3 is 9.84 Å². The summed E-state index contributed by atoms with van der Waals surface area (Å²) in [5.41, 5.74) is -3.61. The van der Waals surface area contributed by atoms with Crippen LogP contribution >= 0.6 is 0 Å². The Bertz CT molecular complexity index is 1270. The SMILES string of the molecule is CC(=O)OCC12CCC(C)(C)CC1C1(O)C(=O)C=C3C4(C)C=C(C#N)C(=O)C(C)(C)C4CCC3(C)C1(C)CC2. The van der Waals surface area contributed by atoms with Crippen molar-refractivity contribution in [2.45, 2.75) is 106 Å². The van der Waals surface area contributed by atoms with Crippen LogP contribution in [0.1, 0.15) is 100 Å². The minimum Gasteiger partial charge on any atom is -0.465 e. The van der Waals surface area contributed by atoms with Crippen molar-refractivity contribution >= 4 is 17.5 Å². The molecule has 0 amide bonds. The lowest BCUT2D eigenvalue weighted by atomic mass is 9.33. The molecule has 0 aromatic rings. The van der Waals surface area contributed by atoms with Crippen LogP contribution in [0.25, 0.3) is 0 Å². The van der Waals surface area contributed by atoms with Crippen LogP contribution in [0.2, 0.25) is 0 Å². The highest BCUT2D eigenvalue weighted by Crippen LogP contribution is 2.75. The number of nitriles is 1. The van der Waals surface area contributed by atoms with E-state index in [-0.39, 0.29) is 47.0 Å². The minimum absolute atomic E-state index is 0.0446. The lowest BCUT2D eigenvalue weighted by molar-refractivity contribution is -0.252. The molecule has 7 atom stereocenters. The third-order valence-electron chi connectivity index (χ3n) is 12.8. The number of rotatable bonds is 2. The van der Waals surface area contributed by atoms with Crippen LogP contribution < -0.4 is 0 Å². The molecule has 3 saturated carbocycles. The first kappa shape index (κ1) is 28.3. The number of ether oxygens (including phenoxy) is 1. The Kier molecular flexibility index (Phi) is 5.91. The zero-order valence-corrected chi connectivity index (χ0v) is 25.0. The summed E-state index contributed by atoms with van der Waals surface area (Å²) in [5, 5.41) is 22.8. The summed E-state index contributed by atoms with van der Waals surface area (Å²) < 4.78 is 5.63. The van der Waals surface area contributed by atoms with E-state index in [0.717, 1.165) is 37.7 Å². The number of allylic oxidation sites excluding steroid dienone is 3. The lowest BCUT2D eigenvalue weighted by Gasteiger charge is -2.71. The molecule has 6 heteroatoms. The highest BCUT2D eigenvalue weighted by molar-refractivity contribution is 6.05. The average Bonchev–Trinajstić information content (AvgIpc) is 2.84. The van der Waals surface area contributed by atoms with Crippen molar-refractivity contribution in [1.29, 1.82) is 5.26 Å². The Hall–Kier alpha value is -2.26. The van der Waals surface area contributed by atoms with Gasteiger partial charge in [-0.25, -0.2) is 0 Å². The standard InChI is InChI=1S/C33H45NO5/c1-20(35)39-19-32-13-11-27(2,3)17-24(32)33(38)25(36)15-23-29(6)16-21(18-34)26(37)28(4,5)22(29)9-10-30(23,7)31(33,8)12-14-32/h15-16,22,24,38H,9-14,17,19H2,1-8H3. The van der Waals surface area contributed by atoms with E-state index < -0.39 is 32.7 Å². The Morgan fingerprint density at radius 3 is 2.28 bits per heavy atom. The van der Waals surface area contributed by atoms with Gasteiger partial charge in [-0.1, -0.05) is 54.5 Å². The van der Waals surface area contributed by atoms with Crippen LogP contribution in [-0.4, -0.2) is 34.9 Å². The van der Waals surface area contributed by atoms with Gasteiger partial charge in [-0.2, -0.15) is 5.26 Å². The number of hydrogen-bond acceptors (Lipinski definition) is 6. The van der Waals surface area contributed by atoms with Crippen LogP contribution in [-0.2, 0) is 19.1 Å². The van der Waals surface area contributed by atoms with Gasteiger partial charge in [-0.15, -0.1) is 0 Å². The van der Waals surface area contributed by atoms with Gasteiger partial charge in [0.15, 0.2) is 11.6 Å². The van der Waals surface area contributed by atoms with Crippen molar-refractivity contribution in [2.24, 2.45) is 44.3 Å². The summed E-state index contributed by atoms with van der Waals surface area (Å²) >= 11 is 0. The topological polar surface area (TPSA) is 104 Å². The van der Waals surface area contributed by atoms with E-state index in [1.165, 1.54) is 6.92 Å². The molecule has 3 fully saturated rings. The Morgan fingerprint density at radius 2 is 1.67 bits per heavy atom. The van der Waals surface area contributed by atoms with Gasteiger partial charge in [0.2, 0.25) is 0 Å². The first-order valence-corrected chi connectivity index (χ1v) is 14.7. The number of nitrogens with zero attached hydrogens (tertiary/aromatic N) is 1. The predicted octanol–water partition coefficient (Wildman–Crippen LogP) is 5.88. The zero-order valence-electron chi connectivity index (χ0n) is 25.0. The molecule has 7 unspecified atom stereocenters. The van der Waals surface area contributed by atoms with Crippen molar-refractivity contribution in [3.63, 3.8) is 0 Å². The Balaban J connectivity index is 1.71. The third-order valence-corrected chi connectivity index (χ3v) is 12.8. The molecule has 5 rings (SSSR count). The molecule has 0 aromatic carbocycles. The highest BCUT2D eigenvalue weighted by atomic mass is 16.5. The summed E-state index contributed by atoms with van der Waals surface area (Å²) in [4.78, 5) is 39.6. The van der Waals surface area contributed by atoms with Crippen molar-refractivity contribution in [3.05, 3.63) is 23.3 Å². The molecule has 6 nitrogen and oxygen atoms in total. The van der Waals surface area contributed by atoms with Gasteiger partial charge in [0.1, 0.15) is 11.7 Å². The number of carbonyl (C=O) groups is 3. The third kappa shape index (κ3) is 3.38. The summed E-state index contributed by atoms with van der Waals surface area (Å²) in [5.74, 6) is -1.11. The molecule has 0 radical (unpaired) electrons. The Labute approximate surface area is 233 Å². The first-order chi connectivity index (χ1) is 17.8. The molecular weight excluding hydrogens is 490 g/mol. The maximum absolute atomic E-state index is 14.5. The number of ketones is 2. The monoisotopic (exact) mass is 535 g/mol. The van der Waals surface area contributed by atoms with Gasteiger partial charge in [0, 0.05) is 34.5 Å². The van der Waals surface area contributed by atoms with Crippen molar-refractivity contribution in [3.8, 4) is 6.07 Å². The molecular formula is C33H45NO5. The number of carbonyl (C=O) groups excluding carboxylic acids is 3. The molecule has 39 heavy (non-hydrogen) atoms. The quantitative estimate of drug-likeness (QED) is 0.443. The van der Waals surface area contributed by atoms with E-state index in [1.54, 1.807) is 6.08 Å². The van der Waals surface area contributed by atoms with E-state index in [2.05, 4.69) is 40.7 Å². The number of esters is 1. The van der Waals surface area contributed by atoms with Crippen LogP contribution in [0.3, 0.4) is 0 Å². The second kappa shape index (κ2) is 8.15. The number of aliphatic hydroxyl groups is 1. The lowest BCUT2D eigenvalue weighted by Crippen LogP contribution is -2.74. The summed E-state index contributed by atoms with van der Waals surface area (Å²) in [7, 11) is 0. The fraction of sp³-hybridized carbons (Fsp3) is 0.758. The maximum atomic E-state index is 14.5. The van der Waals surface area contributed by atoms with Crippen LogP contribution in [0.15, 0.2) is 23.3 Å². The van der Waals surface area contributed by atoms with Crippen LogP contribution in [0.5, 0.6) is 0 Å². The first-order valence-electron chi connectivity index (χ1n) is 14.7. The molecule has 212 valence electrons. The molecule has 0 saturated heterocycles. The molecule has 5 aliphatic rings. The predicted molar refractivity (Wildman–Crippen MR) is 147 cm³/mol. The molecule has 0 aromatic heterocycles.